The third-order valence-corrected chi connectivity index (χ3v) is 4.44. The Kier molecular flexibility index (Phi) is 4.45. The molecule has 0 aliphatic carbocycles. The van der Waals surface area contributed by atoms with Crippen LogP contribution in [-0.2, 0) is 6.18 Å². The van der Waals surface area contributed by atoms with Gasteiger partial charge in [-0.2, -0.15) is 13.2 Å². The van der Waals surface area contributed by atoms with E-state index in [2.05, 4.69) is 10.2 Å². The van der Waals surface area contributed by atoms with Crippen LogP contribution in [0.4, 0.5) is 22.0 Å². The second kappa shape index (κ2) is 6.45. The van der Waals surface area contributed by atoms with Crippen molar-refractivity contribution >= 4 is 17.2 Å². The predicted octanol–water partition coefficient (Wildman–Crippen LogP) is 4.27. The van der Waals surface area contributed by atoms with Crippen molar-refractivity contribution in [2.75, 3.05) is 0 Å². The Morgan fingerprint density at radius 3 is 2.31 bits per heavy atom. The average Bonchev–Trinajstić information content (AvgIpc) is 3.04. The quantitative estimate of drug-likeness (QED) is 0.685. The molecule has 0 spiro atoms. The molecule has 0 fully saturated rings. The summed E-state index contributed by atoms with van der Waals surface area (Å²) in [7, 11) is 0. The molecule has 0 radical (unpaired) electrons. The number of carbonyl (C=O) groups excluding carboxylic acids is 1. The van der Waals surface area contributed by atoms with Crippen LogP contribution in [0.5, 0.6) is 0 Å². The topological polar surface area (TPSA) is 68.9 Å². The normalized spacial score (nSPS) is 11.6. The molecule has 1 amide bonds. The van der Waals surface area contributed by atoms with Gasteiger partial charge in [0.2, 0.25) is 10.9 Å². The molecule has 134 valence electrons. The Labute approximate surface area is 147 Å². The third-order valence-electron chi connectivity index (χ3n) is 3.42. The second-order valence-corrected chi connectivity index (χ2v) is 6.14. The van der Waals surface area contributed by atoms with Crippen molar-refractivity contribution in [3.05, 3.63) is 58.6 Å². The van der Waals surface area contributed by atoms with Crippen LogP contribution in [0.2, 0.25) is 0 Å². The number of aromatic nitrogens is 2. The lowest BCUT2D eigenvalue weighted by atomic mass is 9.96. The van der Waals surface area contributed by atoms with E-state index in [0.717, 1.165) is 12.1 Å². The Bertz CT molecular complexity index is 1000. The number of hydrogen-bond donors (Lipinski definition) is 1. The number of primary amides is 1. The van der Waals surface area contributed by atoms with Crippen molar-refractivity contribution in [1.29, 1.82) is 0 Å². The summed E-state index contributed by atoms with van der Waals surface area (Å²) in [5.41, 5.74) is 5.27. The summed E-state index contributed by atoms with van der Waals surface area (Å²) in [6.07, 6.45) is -4.64. The van der Waals surface area contributed by atoms with Gasteiger partial charge in [-0.1, -0.05) is 17.4 Å². The SMILES string of the molecule is NC(=O)c1ccc(-c2nnc(C(F)(F)F)s2)cc1-c1ccc(F)cc1F. The zero-order valence-electron chi connectivity index (χ0n) is 12.6. The predicted molar refractivity (Wildman–Crippen MR) is 84.2 cm³/mol. The van der Waals surface area contributed by atoms with Crippen molar-refractivity contribution in [1.82, 2.24) is 10.2 Å². The summed E-state index contributed by atoms with van der Waals surface area (Å²) in [5, 5.41) is 5.35. The number of alkyl halides is 3. The monoisotopic (exact) mass is 385 g/mol. The van der Waals surface area contributed by atoms with Gasteiger partial charge in [0.05, 0.1) is 0 Å². The summed E-state index contributed by atoms with van der Waals surface area (Å²) in [4.78, 5) is 11.6. The molecule has 0 atom stereocenters. The minimum atomic E-state index is -4.64. The first kappa shape index (κ1) is 17.9. The highest BCUT2D eigenvalue weighted by atomic mass is 32.1. The lowest BCUT2D eigenvalue weighted by Crippen LogP contribution is -2.12. The van der Waals surface area contributed by atoms with Gasteiger partial charge in [0.1, 0.15) is 16.6 Å². The molecule has 26 heavy (non-hydrogen) atoms. The van der Waals surface area contributed by atoms with Gasteiger partial charge >= 0.3 is 6.18 Å². The third kappa shape index (κ3) is 3.40. The maximum Gasteiger partial charge on any atom is 0.445 e. The van der Waals surface area contributed by atoms with Crippen molar-refractivity contribution < 1.29 is 26.7 Å². The highest BCUT2D eigenvalue weighted by Gasteiger charge is 2.35. The zero-order valence-corrected chi connectivity index (χ0v) is 13.5. The van der Waals surface area contributed by atoms with E-state index in [1.165, 1.54) is 18.2 Å². The number of benzene rings is 2. The van der Waals surface area contributed by atoms with Gasteiger partial charge in [0.15, 0.2) is 0 Å². The highest BCUT2D eigenvalue weighted by Crippen LogP contribution is 2.37. The van der Waals surface area contributed by atoms with Crippen molar-refractivity contribution in [2.24, 2.45) is 5.73 Å². The van der Waals surface area contributed by atoms with Crippen LogP contribution in [-0.4, -0.2) is 16.1 Å². The molecule has 0 bridgehead atoms. The van der Waals surface area contributed by atoms with Crippen LogP contribution in [0.3, 0.4) is 0 Å². The highest BCUT2D eigenvalue weighted by molar-refractivity contribution is 7.14. The summed E-state index contributed by atoms with van der Waals surface area (Å²) < 4.78 is 65.3. The smallest absolute Gasteiger partial charge is 0.366 e. The summed E-state index contributed by atoms with van der Waals surface area (Å²) >= 11 is 0.301. The van der Waals surface area contributed by atoms with Crippen molar-refractivity contribution in [3.63, 3.8) is 0 Å². The lowest BCUT2D eigenvalue weighted by molar-refractivity contribution is -0.138. The number of carbonyl (C=O) groups is 1. The van der Waals surface area contributed by atoms with E-state index < -0.39 is 28.7 Å². The molecule has 1 heterocycles. The maximum absolute atomic E-state index is 14.1. The first-order chi connectivity index (χ1) is 12.2. The van der Waals surface area contributed by atoms with Gasteiger partial charge in [-0.05, 0) is 29.8 Å². The largest absolute Gasteiger partial charge is 0.445 e. The van der Waals surface area contributed by atoms with E-state index in [1.54, 1.807) is 0 Å². The van der Waals surface area contributed by atoms with Crippen molar-refractivity contribution in [2.45, 2.75) is 6.18 Å². The molecular formula is C16H8F5N3OS. The van der Waals surface area contributed by atoms with E-state index in [1.807, 2.05) is 0 Å². The van der Waals surface area contributed by atoms with Crippen molar-refractivity contribution in [3.8, 4) is 21.7 Å². The Balaban J connectivity index is 2.16. The van der Waals surface area contributed by atoms with Crippen LogP contribution in [0.1, 0.15) is 15.4 Å². The Hall–Kier alpha value is -2.88. The van der Waals surface area contributed by atoms with E-state index >= 15 is 0 Å². The fourth-order valence-corrected chi connectivity index (χ4v) is 2.98. The molecule has 0 aliphatic heterocycles. The van der Waals surface area contributed by atoms with Crippen LogP contribution >= 0.6 is 11.3 Å². The second-order valence-electron chi connectivity index (χ2n) is 5.16. The molecule has 0 aliphatic rings. The molecule has 2 aromatic carbocycles. The zero-order chi connectivity index (χ0) is 19.1. The Morgan fingerprint density at radius 2 is 1.73 bits per heavy atom. The number of hydrogen-bond acceptors (Lipinski definition) is 4. The van der Waals surface area contributed by atoms with Crippen LogP contribution in [0.25, 0.3) is 21.7 Å². The fourth-order valence-electron chi connectivity index (χ4n) is 2.28. The maximum atomic E-state index is 14.1. The number of nitrogens with zero attached hydrogens (tertiary/aromatic N) is 2. The van der Waals surface area contributed by atoms with Gasteiger partial charge in [-0.15, -0.1) is 10.2 Å². The molecule has 0 saturated carbocycles. The Morgan fingerprint density at radius 1 is 1.00 bits per heavy atom. The number of rotatable bonds is 3. The number of nitrogens with two attached hydrogens (primary N) is 1. The minimum absolute atomic E-state index is 0.0104. The lowest BCUT2D eigenvalue weighted by Gasteiger charge is -2.10. The molecule has 3 aromatic rings. The molecule has 2 N–H and O–H groups in total. The van der Waals surface area contributed by atoms with E-state index in [-0.39, 0.29) is 27.3 Å². The summed E-state index contributed by atoms with van der Waals surface area (Å²) in [6.45, 7) is 0. The van der Waals surface area contributed by atoms with Gasteiger partial charge < -0.3 is 5.73 Å². The average molecular weight is 385 g/mol. The molecule has 0 unspecified atom stereocenters. The molecule has 3 rings (SSSR count). The molecule has 4 nitrogen and oxygen atoms in total. The number of halogens is 5. The molecule has 0 saturated heterocycles. The van der Waals surface area contributed by atoms with E-state index in [4.69, 9.17) is 5.73 Å². The first-order valence-corrected chi connectivity index (χ1v) is 7.79. The molecular weight excluding hydrogens is 377 g/mol. The standard InChI is InChI=1S/C16H8F5N3OS/c17-8-2-4-9(12(18)6-8)11-5-7(1-3-10(11)13(22)25)14-23-24-15(26-14)16(19,20)21/h1-6H,(H2,22,25). The summed E-state index contributed by atoms with van der Waals surface area (Å²) in [6, 6.07) is 6.55. The fraction of sp³-hybridized carbons (Fsp3) is 0.0625. The number of amides is 1. The van der Waals surface area contributed by atoms with Gasteiger partial charge in [0.25, 0.3) is 0 Å². The first-order valence-electron chi connectivity index (χ1n) is 6.97. The minimum Gasteiger partial charge on any atom is -0.366 e. The van der Waals surface area contributed by atoms with Crippen LogP contribution in [0.15, 0.2) is 36.4 Å². The van der Waals surface area contributed by atoms with Crippen LogP contribution in [0, 0.1) is 11.6 Å². The summed E-state index contributed by atoms with van der Waals surface area (Å²) in [5.74, 6) is -2.64. The van der Waals surface area contributed by atoms with E-state index in [9.17, 15) is 26.7 Å². The van der Waals surface area contributed by atoms with Crippen LogP contribution < -0.4 is 5.73 Å². The van der Waals surface area contributed by atoms with Gasteiger partial charge in [0, 0.05) is 22.8 Å². The molecule has 10 heteroatoms. The van der Waals surface area contributed by atoms with E-state index in [0.29, 0.717) is 17.4 Å². The molecule has 1 aromatic heterocycles. The van der Waals surface area contributed by atoms with Gasteiger partial charge in [-0.3, -0.25) is 4.79 Å². The van der Waals surface area contributed by atoms with Gasteiger partial charge in [-0.25, -0.2) is 8.78 Å².